The molecule has 11 nitrogen and oxygen atoms in total. The molecule has 0 aromatic rings. The van der Waals surface area contributed by atoms with Gasteiger partial charge in [0.25, 0.3) is 0 Å². The first-order valence-electron chi connectivity index (χ1n) is 37.1. The zero-order valence-electron chi connectivity index (χ0n) is 55.8. The van der Waals surface area contributed by atoms with Crippen LogP contribution in [-0.2, 0) is 23.8 Å². The second-order valence-corrected chi connectivity index (χ2v) is 26.0. The number of allylic oxidation sites excluding steroid dienone is 3. The molecule has 0 saturated carbocycles. The van der Waals surface area contributed by atoms with Gasteiger partial charge in [-0.05, 0) is 57.8 Å². The molecule has 1 fully saturated rings. The van der Waals surface area contributed by atoms with Gasteiger partial charge < -0.3 is 45.1 Å². The van der Waals surface area contributed by atoms with Gasteiger partial charge in [0.05, 0.1) is 32.0 Å². The summed E-state index contributed by atoms with van der Waals surface area (Å²) in [6.45, 7) is 4.36. The highest BCUT2D eigenvalue weighted by atomic mass is 16.7. The molecule has 502 valence electrons. The predicted octanol–water partition coefficient (Wildman–Crippen LogP) is 19.2. The second-order valence-electron chi connectivity index (χ2n) is 26.0. The summed E-state index contributed by atoms with van der Waals surface area (Å²) in [6.07, 6.45) is 70.7. The lowest BCUT2D eigenvalue weighted by Crippen LogP contribution is -2.60. The highest BCUT2D eigenvalue weighted by molar-refractivity contribution is 5.76. The molecule has 1 aliphatic heterocycles. The lowest BCUT2D eigenvalue weighted by Gasteiger charge is -2.40. The van der Waals surface area contributed by atoms with Crippen LogP contribution in [0.25, 0.3) is 0 Å². The van der Waals surface area contributed by atoms with Gasteiger partial charge in [-0.2, -0.15) is 0 Å². The molecule has 0 spiro atoms. The summed E-state index contributed by atoms with van der Waals surface area (Å²) in [5, 5.41) is 54.3. The number of hydrogen-bond donors (Lipinski definition) is 6. The molecule has 11 heteroatoms. The fourth-order valence-corrected chi connectivity index (χ4v) is 12.0. The molecule has 85 heavy (non-hydrogen) atoms. The number of aliphatic hydroxyl groups excluding tert-OH is 5. The maximum atomic E-state index is 13.0. The van der Waals surface area contributed by atoms with Crippen molar-refractivity contribution < 1.29 is 49.3 Å². The van der Waals surface area contributed by atoms with Crippen LogP contribution in [0.2, 0.25) is 0 Å². The average Bonchev–Trinajstić information content (AvgIpc) is 3.17. The van der Waals surface area contributed by atoms with Gasteiger partial charge >= 0.3 is 5.97 Å². The molecule has 0 radical (unpaired) electrons. The van der Waals surface area contributed by atoms with Gasteiger partial charge in [0, 0.05) is 12.8 Å². The third-order valence-electron chi connectivity index (χ3n) is 17.8. The lowest BCUT2D eigenvalue weighted by atomic mass is 9.99. The summed E-state index contributed by atoms with van der Waals surface area (Å²) in [4.78, 5) is 25.1. The molecule has 6 N–H and O–H groups in total. The maximum Gasteiger partial charge on any atom is 0.305 e. The summed E-state index contributed by atoms with van der Waals surface area (Å²) in [6, 6.07) is -0.805. The van der Waals surface area contributed by atoms with Crippen molar-refractivity contribution in [3.8, 4) is 0 Å². The Morgan fingerprint density at radius 1 is 0.424 bits per heavy atom. The number of carbonyl (C=O) groups excluding carboxylic acids is 2. The molecule has 1 amide bonds. The highest BCUT2D eigenvalue weighted by Crippen LogP contribution is 2.24. The van der Waals surface area contributed by atoms with Crippen molar-refractivity contribution in [1.29, 1.82) is 0 Å². The topological polar surface area (TPSA) is 175 Å². The summed E-state index contributed by atoms with van der Waals surface area (Å²) in [7, 11) is 0. The Morgan fingerprint density at radius 3 is 1.13 bits per heavy atom. The number of amides is 1. The van der Waals surface area contributed by atoms with Crippen LogP contribution < -0.4 is 5.32 Å². The molecule has 1 rings (SSSR count). The number of unbranched alkanes of at least 4 members (excludes halogenated alkanes) is 50. The van der Waals surface area contributed by atoms with Gasteiger partial charge in [-0.3, -0.25) is 9.59 Å². The van der Waals surface area contributed by atoms with Crippen molar-refractivity contribution in [2.24, 2.45) is 0 Å². The number of ether oxygens (including phenoxy) is 3. The van der Waals surface area contributed by atoms with Gasteiger partial charge in [-0.1, -0.05) is 327 Å². The molecule has 0 aromatic heterocycles. The first kappa shape index (κ1) is 81.2. The van der Waals surface area contributed by atoms with E-state index in [1.165, 1.54) is 295 Å². The van der Waals surface area contributed by atoms with Crippen LogP contribution in [0.15, 0.2) is 24.3 Å². The molecule has 1 heterocycles. The largest absolute Gasteiger partial charge is 0.466 e. The molecule has 0 aromatic carbocycles. The third-order valence-corrected chi connectivity index (χ3v) is 17.8. The zero-order valence-corrected chi connectivity index (χ0v) is 55.8. The van der Waals surface area contributed by atoms with Crippen LogP contribution >= 0.6 is 0 Å². The Bertz CT molecular complexity index is 1460. The summed E-state index contributed by atoms with van der Waals surface area (Å²) in [5.41, 5.74) is 0. The first-order chi connectivity index (χ1) is 41.7. The van der Waals surface area contributed by atoms with E-state index in [-0.39, 0.29) is 18.5 Å². The molecular formula is C74H141NO10. The third kappa shape index (κ3) is 52.6. The SMILES string of the molecule is CCCCCCCCC/C=C/C(O)C(COC1OC(CO)C(O)C(O)C1O)NC(=O)CCCCCCCCCCCCCCCCCCC/C=C\CCCCCCCCCCCCCCCCOC(=O)CCCCCCCCCCCCCCC. The van der Waals surface area contributed by atoms with Crippen molar-refractivity contribution in [2.75, 3.05) is 19.8 Å². The van der Waals surface area contributed by atoms with E-state index >= 15 is 0 Å². The van der Waals surface area contributed by atoms with E-state index in [2.05, 4.69) is 31.3 Å². The molecule has 1 aliphatic rings. The minimum Gasteiger partial charge on any atom is -0.466 e. The van der Waals surface area contributed by atoms with Crippen LogP contribution in [0.1, 0.15) is 373 Å². The molecule has 0 bridgehead atoms. The van der Waals surface area contributed by atoms with E-state index in [4.69, 9.17) is 14.2 Å². The van der Waals surface area contributed by atoms with Crippen molar-refractivity contribution in [1.82, 2.24) is 5.32 Å². The molecule has 7 unspecified atom stereocenters. The Kier molecular flexibility index (Phi) is 60.8. The van der Waals surface area contributed by atoms with E-state index in [0.717, 1.165) is 51.4 Å². The number of hydrogen-bond acceptors (Lipinski definition) is 10. The molecule has 0 aliphatic carbocycles. The Labute approximate surface area is 524 Å². The zero-order chi connectivity index (χ0) is 61.6. The lowest BCUT2D eigenvalue weighted by molar-refractivity contribution is -0.302. The van der Waals surface area contributed by atoms with Gasteiger partial charge in [0.2, 0.25) is 5.91 Å². The Hall–Kier alpha value is -1.86. The monoisotopic (exact) mass is 1200 g/mol. The van der Waals surface area contributed by atoms with Gasteiger partial charge in [-0.25, -0.2) is 0 Å². The van der Waals surface area contributed by atoms with E-state index in [9.17, 15) is 35.1 Å². The number of esters is 1. The van der Waals surface area contributed by atoms with Crippen LogP contribution in [0.3, 0.4) is 0 Å². The Balaban J connectivity index is 1.88. The van der Waals surface area contributed by atoms with Crippen molar-refractivity contribution >= 4 is 11.9 Å². The number of carbonyl (C=O) groups is 2. The summed E-state index contributed by atoms with van der Waals surface area (Å²) < 4.78 is 16.7. The first-order valence-corrected chi connectivity index (χ1v) is 37.1. The quantitative estimate of drug-likeness (QED) is 0.0195. The van der Waals surface area contributed by atoms with E-state index < -0.39 is 49.5 Å². The van der Waals surface area contributed by atoms with Gasteiger partial charge in [0.15, 0.2) is 6.29 Å². The molecular weight excluding hydrogens is 1060 g/mol. The fourth-order valence-electron chi connectivity index (χ4n) is 12.0. The second kappa shape index (κ2) is 63.7. The van der Waals surface area contributed by atoms with Crippen LogP contribution in [0.4, 0.5) is 0 Å². The number of aliphatic hydroxyl groups is 5. The highest BCUT2D eigenvalue weighted by Gasteiger charge is 2.44. The van der Waals surface area contributed by atoms with Crippen molar-refractivity contribution in [2.45, 2.75) is 416 Å². The maximum absolute atomic E-state index is 13.0. The van der Waals surface area contributed by atoms with Crippen LogP contribution in [0, 0.1) is 0 Å². The smallest absolute Gasteiger partial charge is 0.305 e. The normalized spacial score (nSPS) is 18.0. The van der Waals surface area contributed by atoms with Crippen molar-refractivity contribution in [3.05, 3.63) is 24.3 Å². The fraction of sp³-hybridized carbons (Fsp3) is 0.919. The van der Waals surface area contributed by atoms with E-state index in [1.807, 2.05) is 6.08 Å². The average molecular weight is 1200 g/mol. The van der Waals surface area contributed by atoms with Crippen molar-refractivity contribution in [3.63, 3.8) is 0 Å². The van der Waals surface area contributed by atoms with Gasteiger partial charge in [0.1, 0.15) is 24.4 Å². The summed E-state index contributed by atoms with van der Waals surface area (Å²) >= 11 is 0. The Morgan fingerprint density at radius 2 is 0.753 bits per heavy atom. The van der Waals surface area contributed by atoms with Crippen LogP contribution in [-0.4, -0.2) is 100 Å². The molecule has 1 saturated heterocycles. The summed E-state index contributed by atoms with van der Waals surface area (Å²) in [5.74, 6) is -0.163. The minimum absolute atomic E-state index is 0.0156. The van der Waals surface area contributed by atoms with Gasteiger partial charge in [-0.15, -0.1) is 0 Å². The standard InChI is InChI=1S/C74H141NO10/c1-3-5-7-9-11-13-14-38-42-46-50-54-58-62-70(79)83-63-59-55-51-47-43-40-37-35-33-31-29-27-25-23-21-19-17-15-16-18-20-22-24-26-28-30-32-34-36-39-41-45-49-53-57-61-69(78)75-66(67(77)60-56-52-48-44-12-10-8-6-4-2)65-84-74-73(82)72(81)71(80)68(64-76)85-74/h17,19,56,60,66-68,71-74,76-77,80-82H,3-16,18,20-55,57-59,61-65H2,1-2H3,(H,75,78)/b19-17-,60-56+. The molecule has 7 atom stereocenters. The van der Waals surface area contributed by atoms with E-state index in [0.29, 0.717) is 19.4 Å². The van der Waals surface area contributed by atoms with E-state index in [1.54, 1.807) is 6.08 Å². The predicted molar refractivity (Wildman–Crippen MR) is 357 cm³/mol. The minimum atomic E-state index is -1.57. The number of nitrogens with one attached hydrogen (secondary N) is 1. The number of rotatable bonds is 66. The van der Waals surface area contributed by atoms with Crippen LogP contribution in [0.5, 0.6) is 0 Å².